The smallest absolute Gasteiger partial charge is 0.326 e. The Morgan fingerprint density at radius 3 is 1.21 bits per heavy atom. The molecule has 0 aromatic heterocycles. The summed E-state index contributed by atoms with van der Waals surface area (Å²) in [4.78, 5) is 95.8. The second-order valence-corrected chi connectivity index (χ2v) is 18.1. The number of carboxylic acid groups (broad SMARTS) is 2. The molecular weight excluding hydrogens is 909 g/mol. The summed E-state index contributed by atoms with van der Waals surface area (Å²) in [6, 6.07) is -2.42. The van der Waals surface area contributed by atoms with Crippen molar-refractivity contribution in [1.82, 2.24) is 31.9 Å². The summed E-state index contributed by atoms with van der Waals surface area (Å²) in [5.74, 6) is -3.85. The summed E-state index contributed by atoms with van der Waals surface area (Å²) >= 11 is 0. The molecule has 20 nitrogen and oxygen atoms in total. The number of aliphatic carboxylic acids is 2. The number of nitrogens with one attached hydrogen (secondary N) is 6. The predicted molar refractivity (Wildman–Crippen MR) is 266 cm³/mol. The van der Waals surface area contributed by atoms with E-state index in [0.29, 0.717) is 19.4 Å². The SMILES string of the molecule is CCCCNC(=O)CCCNC(=O)CCC(NC(=O)COCCOCCNC(=O)COCCOCCNC(=O)CCC(NC(=O)CCCCCCCCCCCCCCCCC(C)C)C(=O)O)C(=O)O. The minimum atomic E-state index is -1.29. The van der Waals surface area contributed by atoms with Crippen molar-refractivity contribution in [2.75, 3.05) is 79.0 Å². The van der Waals surface area contributed by atoms with E-state index in [4.69, 9.17) is 18.9 Å². The van der Waals surface area contributed by atoms with Crippen LogP contribution < -0.4 is 31.9 Å². The van der Waals surface area contributed by atoms with E-state index in [2.05, 4.69) is 45.7 Å². The number of carbonyl (C=O) groups excluding carboxylic acids is 6. The van der Waals surface area contributed by atoms with E-state index >= 15 is 0 Å². The molecule has 2 unspecified atom stereocenters. The van der Waals surface area contributed by atoms with E-state index in [1.807, 2.05) is 6.92 Å². The molecule has 0 saturated carbocycles. The average molecular weight is 1000 g/mol. The largest absolute Gasteiger partial charge is 0.480 e. The second-order valence-electron chi connectivity index (χ2n) is 18.1. The third kappa shape index (κ3) is 44.8. The van der Waals surface area contributed by atoms with Crippen molar-refractivity contribution < 1.29 is 67.5 Å². The molecule has 70 heavy (non-hydrogen) atoms. The molecule has 0 spiro atoms. The number of hydrogen-bond donors (Lipinski definition) is 8. The highest BCUT2D eigenvalue weighted by molar-refractivity contribution is 5.85. The molecule has 0 aliphatic heterocycles. The topological polar surface area (TPSA) is 286 Å². The maximum Gasteiger partial charge on any atom is 0.326 e. The van der Waals surface area contributed by atoms with E-state index in [9.17, 15) is 48.6 Å². The maximum atomic E-state index is 12.4. The van der Waals surface area contributed by atoms with Crippen LogP contribution in [-0.2, 0) is 57.3 Å². The van der Waals surface area contributed by atoms with E-state index in [0.717, 1.165) is 38.0 Å². The van der Waals surface area contributed by atoms with Crippen molar-refractivity contribution in [3.63, 3.8) is 0 Å². The molecule has 8 N–H and O–H groups in total. The first-order chi connectivity index (χ1) is 33.7. The number of ether oxygens (including phenoxy) is 4. The molecule has 20 heteroatoms. The normalized spacial score (nSPS) is 11.9. The standard InChI is InChI=1S/C50H92N6O14/c1-4-5-28-51-43(57)23-20-29-52-44(58)26-25-42(50(65)66)56-48(62)39-70-37-35-68-33-31-54-47(61)38-69-36-34-67-32-30-53-45(59)27-24-41(49(63)64)55-46(60)22-19-17-15-13-11-9-7-6-8-10-12-14-16-18-21-40(2)3/h40-42H,4-39H2,1-3H3,(H,51,57)(H,52,58)(H,53,59)(H,54,61)(H,55,60)(H,56,62)(H,63,64)(H,65,66). The Kier molecular flexibility index (Phi) is 44.0. The van der Waals surface area contributed by atoms with E-state index < -0.39 is 36.5 Å². The molecule has 0 heterocycles. The van der Waals surface area contributed by atoms with Crippen LogP contribution in [-0.4, -0.2) is 149 Å². The zero-order chi connectivity index (χ0) is 51.9. The lowest BCUT2D eigenvalue weighted by atomic mass is 10.0. The fourth-order valence-electron chi connectivity index (χ4n) is 7.02. The van der Waals surface area contributed by atoms with E-state index in [1.54, 1.807) is 0 Å². The van der Waals surface area contributed by atoms with Crippen LogP contribution in [0.3, 0.4) is 0 Å². The van der Waals surface area contributed by atoms with Gasteiger partial charge in [-0.25, -0.2) is 9.59 Å². The minimum absolute atomic E-state index is 0.0295. The van der Waals surface area contributed by atoms with Gasteiger partial charge in [0, 0.05) is 51.9 Å². The zero-order valence-electron chi connectivity index (χ0n) is 43.0. The van der Waals surface area contributed by atoms with Gasteiger partial charge in [0.25, 0.3) is 0 Å². The van der Waals surface area contributed by atoms with Crippen LogP contribution in [0.25, 0.3) is 0 Å². The molecule has 0 aliphatic rings. The molecule has 406 valence electrons. The lowest BCUT2D eigenvalue weighted by Crippen LogP contribution is -2.43. The quantitative estimate of drug-likeness (QED) is 0.0384. The maximum absolute atomic E-state index is 12.4. The highest BCUT2D eigenvalue weighted by Gasteiger charge is 2.22. The van der Waals surface area contributed by atoms with Crippen LogP contribution in [0.1, 0.15) is 175 Å². The van der Waals surface area contributed by atoms with Crippen LogP contribution in [0, 0.1) is 5.92 Å². The molecule has 6 amide bonds. The van der Waals surface area contributed by atoms with Crippen LogP contribution >= 0.6 is 0 Å². The van der Waals surface area contributed by atoms with Crippen LogP contribution in [0.15, 0.2) is 0 Å². The van der Waals surface area contributed by atoms with Gasteiger partial charge in [0.1, 0.15) is 25.3 Å². The summed E-state index contributed by atoms with van der Waals surface area (Å²) in [5, 5.41) is 34.6. The van der Waals surface area contributed by atoms with E-state index in [1.165, 1.54) is 70.6 Å². The minimum Gasteiger partial charge on any atom is -0.480 e. The average Bonchev–Trinajstić information content (AvgIpc) is 3.31. The molecule has 0 rings (SSSR count). The van der Waals surface area contributed by atoms with Gasteiger partial charge < -0.3 is 61.1 Å². The summed E-state index contributed by atoms with van der Waals surface area (Å²) in [6.07, 6.45) is 20.9. The Morgan fingerprint density at radius 2 is 0.743 bits per heavy atom. The second kappa shape index (κ2) is 47.0. The predicted octanol–water partition coefficient (Wildman–Crippen LogP) is 4.69. The molecule has 0 aliphatic carbocycles. The fraction of sp³-hybridized carbons (Fsp3) is 0.840. The van der Waals surface area contributed by atoms with E-state index in [-0.39, 0.29) is 134 Å². The first kappa shape index (κ1) is 65.6. The summed E-state index contributed by atoms with van der Waals surface area (Å²) in [7, 11) is 0. The first-order valence-electron chi connectivity index (χ1n) is 26.2. The van der Waals surface area contributed by atoms with Crippen LogP contribution in [0.2, 0.25) is 0 Å². The number of rotatable bonds is 50. The number of hydrogen-bond acceptors (Lipinski definition) is 12. The summed E-state index contributed by atoms with van der Waals surface area (Å²) in [6.45, 7) is 8.06. The van der Waals surface area contributed by atoms with Gasteiger partial charge in [-0.15, -0.1) is 0 Å². The van der Waals surface area contributed by atoms with Gasteiger partial charge >= 0.3 is 11.9 Å². The van der Waals surface area contributed by atoms with Crippen molar-refractivity contribution in [1.29, 1.82) is 0 Å². The first-order valence-corrected chi connectivity index (χ1v) is 26.2. The Balaban J connectivity index is 3.79. The van der Waals surface area contributed by atoms with Gasteiger partial charge in [0.15, 0.2) is 0 Å². The van der Waals surface area contributed by atoms with Crippen molar-refractivity contribution >= 4 is 47.4 Å². The lowest BCUT2D eigenvalue weighted by Gasteiger charge is -2.14. The van der Waals surface area contributed by atoms with Gasteiger partial charge in [-0.2, -0.15) is 0 Å². The Morgan fingerprint density at radius 1 is 0.371 bits per heavy atom. The Hall–Kier alpha value is -4.40. The fourth-order valence-corrected chi connectivity index (χ4v) is 7.02. The van der Waals surface area contributed by atoms with Gasteiger partial charge in [-0.05, 0) is 38.0 Å². The Labute approximate surface area is 417 Å². The molecule has 2 atom stereocenters. The molecule has 0 fully saturated rings. The van der Waals surface area contributed by atoms with Crippen molar-refractivity contribution in [2.45, 2.75) is 187 Å². The van der Waals surface area contributed by atoms with Gasteiger partial charge in [0.2, 0.25) is 35.4 Å². The van der Waals surface area contributed by atoms with Crippen molar-refractivity contribution in [3.05, 3.63) is 0 Å². The molecule has 0 aromatic rings. The Bertz CT molecular complexity index is 1420. The lowest BCUT2D eigenvalue weighted by molar-refractivity contribution is -0.143. The number of amides is 6. The highest BCUT2D eigenvalue weighted by Crippen LogP contribution is 2.15. The number of unbranched alkanes of at least 4 members (excludes halogenated alkanes) is 14. The summed E-state index contributed by atoms with van der Waals surface area (Å²) < 4.78 is 21.3. The van der Waals surface area contributed by atoms with Crippen LogP contribution in [0.5, 0.6) is 0 Å². The third-order valence-corrected chi connectivity index (χ3v) is 11.1. The molecule has 0 radical (unpaired) electrons. The monoisotopic (exact) mass is 1000 g/mol. The van der Waals surface area contributed by atoms with Crippen molar-refractivity contribution in [2.24, 2.45) is 5.92 Å². The summed E-state index contributed by atoms with van der Waals surface area (Å²) in [5.41, 5.74) is 0. The molecular formula is C50H92N6O14. The van der Waals surface area contributed by atoms with Gasteiger partial charge in [-0.1, -0.05) is 117 Å². The molecule has 0 bridgehead atoms. The van der Waals surface area contributed by atoms with Gasteiger partial charge in [-0.3, -0.25) is 28.8 Å². The van der Waals surface area contributed by atoms with Crippen LogP contribution in [0.4, 0.5) is 0 Å². The number of carbonyl (C=O) groups is 8. The van der Waals surface area contributed by atoms with Gasteiger partial charge in [0.05, 0.1) is 39.6 Å². The molecule has 0 aromatic carbocycles. The molecule has 0 saturated heterocycles. The number of carboxylic acids is 2. The van der Waals surface area contributed by atoms with Crippen molar-refractivity contribution in [3.8, 4) is 0 Å². The zero-order valence-corrected chi connectivity index (χ0v) is 43.0. The third-order valence-electron chi connectivity index (χ3n) is 11.1. The highest BCUT2D eigenvalue weighted by atomic mass is 16.5.